The number of rotatable bonds is 3. The zero-order valence-electron chi connectivity index (χ0n) is 13.1. The van der Waals surface area contributed by atoms with Gasteiger partial charge < -0.3 is 9.80 Å². The van der Waals surface area contributed by atoms with E-state index in [9.17, 15) is 4.79 Å². The van der Waals surface area contributed by atoms with E-state index in [2.05, 4.69) is 33.4 Å². The van der Waals surface area contributed by atoms with Gasteiger partial charge in [-0.25, -0.2) is 4.98 Å². The number of likely N-dealkylation sites (N-methyl/N-ethyl adjacent to an activating group) is 1. The fourth-order valence-corrected chi connectivity index (χ4v) is 3.53. The lowest BCUT2D eigenvalue weighted by molar-refractivity contribution is -0.151. The van der Waals surface area contributed by atoms with E-state index in [1.807, 2.05) is 11.0 Å². The summed E-state index contributed by atoms with van der Waals surface area (Å²) < 4.78 is 0. The van der Waals surface area contributed by atoms with Crippen LogP contribution in [0.15, 0.2) is 31.2 Å². The second-order valence-corrected chi connectivity index (χ2v) is 6.04. The maximum absolute atomic E-state index is 12.9. The minimum absolute atomic E-state index is 0.250. The number of hydrogen-bond donors (Lipinski definition) is 0. The Labute approximate surface area is 131 Å². The lowest BCUT2D eigenvalue weighted by Crippen LogP contribution is -2.67. The Balaban J connectivity index is 1.74. The SMILES string of the molecule is C=CCN1CCN(C)C2(CCN(c3cnccn3)CC2)C1=O. The number of piperazine rings is 1. The molecule has 3 rings (SSSR count). The van der Waals surface area contributed by atoms with E-state index in [0.29, 0.717) is 6.54 Å². The van der Waals surface area contributed by atoms with Gasteiger partial charge in [0.05, 0.1) is 6.20 Å². The van der Waals surface area contributed by atoms with Crippen LogP contribution in [-0.2, 0) is 4.79 Å². The summed E-state index contributed by atoms with van der Waals surface area (Å²) in [7, 11) is 2.07. The van der Waals surface area contributed by atoms with Crippen LogP contribution < -0.4 is 4.90 Å². The van der Waals surface area contributed by atoms with Crippen molar-refractivity contribution in [3.63, 3.8) is 0 Å². The highest BCUT2D eigenvalue weighted by molar-refractivity contribution is 5.87. The Morgan fingerprint density at radius 1 is 1.27 bits per heavy atom. The Morgan fingerprint density at radius 2 is 2.05 bits per heavy atom. The summed E-state index contributed by atoms with van der Waals surface area (Å²) in [5.41, 5.74) is -0.361. The third-order valence-electron chi connectivity index (χ3n) is 4.93. The van der Waals surface area contributed by atoms with Crippen molar-refractivity contribution in [3.8, 4) is 0 Å². The van der Waals surface area contributed by atoms with Crippen molar-refractivity contribution in [2.24, 2.45) is 0 Å². The van der Waals surface area contributed by atoms with Crippen LogP contribution in [0, 0.1) is 0 Å². The number of carbonyl (C=O) groups excluding carboxylic acids is 1. The van der Waals surface area contributed by atoms with Crippen molar-refractivity contribution < 1.29 is 4.79 Å². The van der Waals surface area contributed by atoms with E-state index in [4.69, 9.17) is 0 Å². The van der Waals surface area contributed by atoms with Crippen molar-refractivity contribution in [2.75, 3.05) is 44.7 Å². The van der Waals surface area contributed by atoms with E-state index < -0.39 is 0 Å². The predicted octanol–water partition coefficient (Wildman–Crippen LogP) is 0.776. The second kappa shape index (κ2) is 6.04. The van der Waals surface area contributed by atoms with Crippen LogP contribution in [0.25, 0.3) is 0 Å². The third-order valence-corrected chi connectivity index (χ3v) is 4.93. The molecule has 6 heteroatoms. The van der Waals surface area contributed by atoms with Crippen LogP contribution in [0.3, 0.4) is 0 Å². The first-order valence-corrected chi connectivity index (χ1v) is 7.80. The smallest absolute Gasteiger partial charge is 0.243 e. The average Bonchev–Trinajstić information content (AvgIpc) is 2.57. The maximum Gasteiger partial charge on any atom is 0.243 e. The highest BCUT2D eigenvalue weighted by atomic mass is 16.2. The summed E-state index contributed by atoms with van der Waals surface area (Å²) in [5, 5.41) is 0. The Kier molecular flexibility index (Phi) is 4.11. The first kappa shape index (κ1) is 15.0. The zero-order chi connectivity index (χ0) is 15.6. The molecule has 0 saturated carbocycles. The molecule has 0 bridgehead atoms. The number of hydrogen-bond acceptors (Lipinski definition) is 5. The molecule has 0 radical (unpaired) electrons. The quantitative estimate of drug-likeness (QED) is 0.772. The van der Waals surface area contributed by atoms with Gasteiger partial charge in [0.15, 0.2) is 0 Å². The predicted molar refractivity (Wildman–Crippen MR) is 85.6 cm³/mol. The van der Waals surface area contributed by atoms with Gasteiger partial charge in [0, 0.05) is 45.1 Å². The van der Waals surface area contributed by atoms with Gasteiger partial charge in [-0.2, -0.15) is 0 Å². The number of aromatic nitrogens is 2. The van der Waals surface area contributed by atoms with Crippen LogP contribution in [0.5, 0.6) is 0 Å². The van der Waals surface area contributed by atoms with E-state index >= 15 is 0 Å². The third kappa shape index (κ3) is 2.47. The minimum atomic E-state index is -0.361. The van der Waals surface area contributed by atoms with Crippen LogP contribution >= 0.6 is 0 Å². The second-order valence-electron chi connectivity index (χ2n) is 6.04. The first-order valence-electron chi connectivity index (χ1n) is 7.80. The van der Waals surface area contributed by atoms with Crippen molar-refractivity contribution in [2.45, 2.75) is 18.4 Å². The molecule has 3 heterocycles. The average molecular weight is 301 g/mol. The molecule has 1 spiro atoms. The molecule has 1 amide bonds. The standard InChI is InChI=1S/C16H23N5O/c1-3-8-21-12-11-19(2)16(15(21)22)4-9-20(10-5-16)14-13-17-6-7-18-14/h3,6-7,13H,1,4-5,8-12H2,2H3. The molecule has 0 unspecified atom stereocenters. The molecule has 1 aromatic heterocycles. The lowest BCUT2D eigenvalue weighted by Gasteiger charge is -2.51. The number of carbonyl (C=O) groups is 1. The summed E-state index contributed by atoms with van der Waals surface area (Å²) in [6, 6.07) is 0. The maximum atomic E-state index is 12.9. The van der Waals surface area contributed by atoms with Crippen molar-refractivity contribution in [1.29, 1.82) is 0 Å². The van der Waals surface area contributed by atoms with Gasteiger partial charge in [0.2, 0.25) is 5.91 Å². The van der Waals surface area contributed by atoms with Gasteiger partial charge in [-0.3, -0.25) is 14.7 Å². The Hall–Kier alpha value is -1.95. The molecule has 2 aliphatic rings. The monoisotopic (exact) mass is 301 g/mol. The topological polar surface area (TPSA) is 52.6 Å². The normalized spacial score (nSPS) is 22.1. The molecular weight excluding hydrogens is 278 g/mol. The summed E-state index contributed by atoms with van der Waals surface area (Å²) in [6.45, 7) is 7.77. The number of anilines is 1. The lowest BCUT2D eigenvalue weighted by atomic mass is 9.82. The van der Waals surface area contributed by atoms with E-state index in [1.54, 1.807) is 18.6 Å². The fraction of sp³-hybridized carbons (Fsp3) is 0.562. The van der Waals surface area contributed by atoms with Crippen molar-refractivity contribution in [1.82, 2.24) is 19.8 Å². The number of piperidine rings is 1. The molecule has 0 aromatic carbocycles. The summed E-state index contributed by atoms with van der Waals surface area (Å²) >= 11 is 0. The van der Waals surface area contributed by atoms with Gasteiger partial charge in [-0.1, -0.05) is 6.08 Å². The van der Waals surface area contributed by atoms with Crippen LogP contribution in [-0.4, -0.2) is 71.0 Å². The van der Waals surface area contributed by atoms with Gasteiger partial charge in [0.25, 0.3) is 0 Å². The largest absolute Gasteiger partial charge is 0.355 e. The molecule has 0 aliphatic carbocycles. The molecule has 118 valence electrons. The highest BCUT2D eigenvalue weighted by Gasteiger charge is 2.49. The molecule has 2 fully saturated rings. The molecule has 0 N–H and O–H groups in total. The zero-order valence-corrected chi connectivity index (χ0v) is 13.1. The summed E-state index contributed by atoms with van der Waals surface area (Å²) in [4.78, 5) is 27.8. The summed E-state index contributed by atoms with van der Waals surface area (Å²) in [6.07, 6.45) is 8.64. The molecule has 1 aromatic rings. The van der Waals surface area contributed by atoms with Gasteiger partial charge in [-0.05, 0) is 19.9 Å². The first-order chi connectivity index (χ1) is 10.7. The highest BCUT2D eigenvalue weighted by Crippen LogP contribution is 2.33. The van der Waals surface area contributed by atoms with Gasteiger partial charge >= 0.3 is 0 Å². The molecule has 2 aliphatic heterocycles. The Bertz CT molecular complexity index is 539. The minimum Gasteiger partial charge on any atom is -0.355 e. The van der Waals surface area contributed by atoms with Crippen molar-refractivity contribution in [3.05, 3.63) is 31.2 Å². The van der Waals surface area contributed by atoms with E-state index in [1.165, 1.54) is 0 Å². The molecule has 22 heavy (non-hydrogen) atoms. The van der Waals surface area contributed by atoms with Gasteiger partial charge in [-0.15, -0.1) is 6.58 Å². The molecular formula is C16H23N5O. The molecule has 0 atom stereocenters. The van der Waals surface area contributed by atoms with Crippen molar-refractivity contribution >= 4 is 11.7 Å². The van der Waals surface area contributed by atoms with E-state index in [0.717, 1.165) is 44.8 Å². The number of nitrogens with zero attached hydrogens (tertiary/aromatic N) is 5. The van der Waals surface area contributed by atoms with Crippen LogP contribution in [0.4, 0.5) is 5.82 Å². The Morgan fingerprint density at radius 3 is 2.68 bits per heavy atom. The molecule has 2 saturated heterocycles. The van der Waals surface area contributed by atoms with E-state index in [-0.39, 0.29) is 11.4 Å². The fourth-order valence-electron chi connectivity index (χ4n) is 3.53. The van der Waals surface area contributed by atoms with Crippen LogP contribution in [0.1, 0.15) is 12.8 Å². The molecule has 6 nitrogen and oxygen atoms in total. The van der Waals surface area contributed by atoms with Crippen LogP contribution in [0.2, 0.25) is 0 Å². The number of amides is 1. The van der Waals surface area contributed by atoms with Gasteiger partial charge in [0.1, 0.15) is 11.4 Å². The summed E-state index contributed by atoms with van der Waals surface area (Å²) in [5.74, 6) is 1.14.